The van der Waals surface area contributed by atoms with Crippen molar-refractivity contribution in [1.82, 2.24) is 0 Å². The molecule has 12 heteroatoms. The third-order valence-electron chi connectivity index (χ3n) is 5.36. The Morgan fingerprint density at radius 2 is 1.68 bits per heavy atom. The zero-order valence-corrected chi connectivity index (χ0v) is 18.7. The Morgan fingerprint density at radius 1 is 1.20 bits per heavy atom. The van der Waals surface area contributed by atoms with Crippen LogP contribution in [0.25, 0.3) is 0 Å². The summed E-state index contributed by atoms with van der Waals surface area (Å²) in [6, 6.07) is 0. The van der Waals surface area contributed by atoms with Crippen molar-refractivity contribution in [3.63, 3.8) is 0 Å². The first kappa shape index (κ1) is 25.2. The summed E-state index contributed by atoms with van der Waals surface area (Å²) in [5.41, 5.74) is 4.09. The molecule has 0 bridgehead atoms. The summed E-state index contributed by atoms with van der Waals surface area (Å²) in [6.45, 7) is 3.95. The summed E-state index contributed by atoms with van der Waals surface area (Å²) in [4.78, 5) is 12.2. The second kappa shape index (κ2) is 8.51. The maximum absolute atomic E-state index is 12.2. The van der Waals surface area contributed by atoms with Gasteiger partial charge < -0.3 is 19.3 Å². The number of rotatable bonds is 8. The number of quaternary nitrogens is 1. The summed E-state index contributed by atoms with van der Waals surface area (Å²) < 4.78 is 67.5. The van der Waals surface area contributed by atoms with Crippen LogP contribution in [-0.2, 0) is 25.0 Å². The molecule has 1 aliphatic rings. The van der Waals surface area contributed by atoms with Gasteiger partial charge in [0, 0.05) is 30.3 Å². The fourth-order valence-corrected chi connectivity index (χ4v) is 5.82. The minimum Gasteiger partial charge on any atom is -0.748 e. The van der Waals surface area contributed by atoms with Crippen LogP contribution in [0.3, 0.4) is 0 Å². The number of likely N-dealkylation sites (N-methyl/N-ethyl adjacent to an activating group) is 1. The van der Waals surface area contributed by atoms with E-state index in [2.05, 4.69) is 0 Å². The molecular weight excluding hydrogens is 383 g/mol. The number of carbonyl (C=O) groups is 1. The van der Waals surface area contributed by atoms with Gasteiger partial charge in [0.15, 0.2) is 5.54 Å². The van der Waals surface area contributed by atoms with Gasteiger partial charge in [-0.3, -0.25) is 4.79 Å². The van der Waals surface area contributed by atoms with Crippen LogP contribution >= 0.6 is 0 Å². The molecule has 1 saturated heterocycles. The maximum Gasteiger partial charge on any atom is 1.00 e. The van der Waals surface area contributed by atoms with Crippen molar-refractivity contribution in [2.45, 2.75) is 32.2 Å². The van der Waals surface area contributed by atoms with Gasteiger partial charge in [-0.2, -0.15) is 0 Å². The minimum atomic E-state index is -4.74. The first-order valence-electron chi connectivity index (χ1n) is 7.68. The van der Waals surface area contributed by atoms with Gasteiger partial charge in [0.1, 0.15) is 0 Å². The summed E-state index contributed by atoms with van der Waals surface area (Å²) >= 11 is 0. The Balaban J connectivity index is 0.00000576. The summed E-state index contributed by atoms with van der Waals surface area (Å²) in [6.07, 6.45) is 1.50. The van der Waals surface area contributed by atoms with E-state index < -0.39 is 55.0 Å². The van der Waals surface area contributed by atoms with E-state index in [0.717, 1.165) is 6.42 Å². The van der Waals surface area contributed by atoms with Gasteiger partial charge in [0.2, 0.25) is 0 Å². The van der Waals surface area contributed by atoms with Crippen LogP contribution in [0.1, 0.15) is 26.7 Å². The van der Waals surface area contributed by atoms with Crippen molar-refractivity contribution in [3.05, 3.63) is 0 Å². The van der Waals surface area contributed by atoms with Gasteiger partial charge in [-0.25, -0.2) is 16.8 Å². The molecule has 4 unspecified atom stereocenters. The first-order valence-corrected chi connectivity index (χ1v) is 10.8. The van der Waals surface area contributed by atoms with E-state index in [4.69, 9.17) is 5.73 Å². The van der Waals surface area contributed by atoms with Crippen molar-refractivity contribution < 1.29 is 64.8 Å². The quantitative estimate of drug-likeness (QED) is 0.242. The molecule has 0 aromatic heterocycles. The predicted molar refractivity (Wildman–Crippen MR) is 84.5 cm³/mol. The van der Waals surface area contributed by atoms with E-state index in [1.54, 1.807) is 7.05 Å². The summed E-state index contributed by atoms with van der Waals surface area (Å²) in [5, 5.41) is 0. The van der Waals surface area contributed by atoms with Gasteiger partial charge in [-0.1, -0.05) is 13.3 Å². The predicted octanol–water partition coefficient (Wildman–Crippen LogP) is -4.18. The van der Waals surface area contributed by atoms with Gasteiger partial charge in [0.25, 0.3) is 5.91 Å². The van der Waals surface area contributed by atoms with Gasteiger partial charge in [-0.15, -0.1) is 0 Å². The van der Waals surface area contributed by atoms with Crippen molar-refractivity contribution in [2.75, 3.05) is 31.6 Å². The molecule has 9 nitrogen and oxygen atoms in total. The fourth-order valence-electron chi connectivity index (χ4n) is 3.92. The Labute approximate surface area is 171 Å². The molecule has 0 aromatic rings. The molecule has 1 heterocycles. The zero-order valence-electron chi connectivity index (χ0n) is 15.1. The average molecular weight is 408 g/mol. The number of likely N-dealkylation sites (tertiary alicyclic amines) is 1. The normalized spacial score (nSPS) is 33.0. The van der Waals surface area contributed by atoms with Crippen LogP contribution < -0.4 is 35.3 Å². The van der Waals surface area contributed by atoms with Gasteiger partial charge >= 0.3 is 29.6 Å². The van der Waals surface area contributed by atoms with Crippen molar-refractivity contribution >= 4 is 26.1 Å². The number of unbranched alkanes of at least 4 members (excludes halogenated alkanes) is 1. The molecule has 2 N–H and O–H groups in total. The largest absolute Gasteiger partial charge is 1.00 e. The summed E-state index contributed by atoms with van der Waals surface area (Å²) in [7, 11) is -7.70. The van der Waals surface area contributed by atoms with Crippen LogP contribution in [0.2, 0.25) is 0 Å². The molecule has 0 saturated carbocycles. The number of nitrogens with two attached hydrogens (primary N) is 1. The van der Waals surface area contributed by atoms with Crippen LogP contribution in [0.5, 0.6) is 0 Å². The van der Waals surface area contributed by atoms with Crippen LogP contribution in [0.4, 0.5) is 0 Å². The van der Waals surface area contributed by atoms with Crippen molar-refractivity contribution in [3.8, 4) is 0 Å². The van der Waals surface area contributed by atoms with Gasteiger partial charge in [-0.05, 0) is 6.42 Å². The molecule has 25 heavy (non-hydrogen) atoms. The number of carbonyl (C=O) groups excluding carboxylic acids is 1. The second-order valence-electron chi connectivity index (χ2n) is 6.98. The van der Waals surface area contributed by atoms with E-state index in [1.807, 2.05) is 6.92 Å². The second-order valence-corrected chi connectivity index (χ2v) is 9.88. The number of nitrogens with zero attached hydrogens (tertiary/aromatic N) is 1. The third kappa shape index (κ3) is 5.86. The SMILES string of the molecule is CCCC[N+]1(C)CC(CS(=O)(=O)[O-])C(CS(=O)(=O)[O-])C1(C)C(N)=O.[Na+]. The molecule has 0 aromatic carbocycles. The molecular formula is C13H25N2NaO7S2. The Hall–Kier alpha value is 0.250. The molecule has 0 spiro atoms. The molecule has 1 amide bonds. The molecule has 1 rings (SSSR count). The van der Waals surface area contributed by atoms with Crippen molar-refractivity contribution in [1.29, 1.82) is 0 Å². The number of primary amides is 1. The third-order valence-corrected chi connectivity index (χ3v) is 6.96. The molecule has 1 aliphatic heterocycles. The van der Waals surface area contributed by atoms with Gasteiger partial charge in [0.05, 0.1) is 40.4 Å². The maximum atomic E-state index is 12.2. The monoisotopic (exact) mass is 408 g/mol. The topological polar surface area (TPSA) is 157 Å². The molecule has 142 valence electrons. The Bertz CT molecular complexity index is 697. The molecule has 1 fully saturated rings. The number of hydrogen-bond acceptors (Lipinski definition) is 7. The van der Waals surface area contributed by atoms with Crippen LogP contribution in [-0.4, -0.2) is 73.5 Å². The molecule has 0 radical (unpaired) electrons. The average Bonchev–Trinajstić information content (AvgIpc) is 2.56. The smallest absolute Gasteiger partial charge is 0.748 e. The fraction of sp³-hybridized carbons (Fsp3) is 0.923. The van der Waals surface area contributed by atoms with E-state index in [9.17, 15) is 30.7 Å². The zero-order chi connectivity index (χ0) is 19.0. The van der Waals surface area contributed by atoms with E-state index >= 15 is 0 Å². The molecule has 0 aliphatic carbocycles. The van der Waals surface area contributed by atoms with E-state index in [0.29, 0.717) is 13.0 Å². The minimum absolute atomic E-state index is 0. The van der Waals surface area contributed by atoms with Crippen molar-refractivity contribution in [2.24, 2.45) is 17.6 Å². The summed E-state index contributed by atoms with van der Waals surface area (Å²) in [5.74, 6) is -4.60. The van der Waals surface area contributed by atoms with E-state index in [-0.39, 0.29) is 40.6 Å². The Kier molecular flexibility index (Phi) is 8.59. The first-order chi connectivity index (χ1) is 10.7. The van der Waals surface area contributed by atoms with E-state index in [1.165, 1.54) is 6.92 Å². The standard InChI is InChI=1S/C13H26N2O7S2.Na/c1-4-5-6-15(3)7-10(8-23(17,18)19)11(9-24(20,21)22)13(15,2)12(14)16;/h10-11H,4-9H2,1-3H3,(H3-,14,16,17,18,19,20,21,22);/q;+1/p-1. The Morgan fingerprint density at radius 3 is 2.04 bits per heavy atom. The van der Waals surface area contributed by atoms with Crippen LogP contribution in [0, 0.1) is 11.8 Å². The molecule has 4 atom stereocenters. The number of amides is 1. The number of hydrogen-bond donors (Lipinski definition) is 1. The van der Waals surface area contributed by atoms with Crippen LogP contribution in [0.15, 0.2) is 0 Å².